The molecular weight excluding hydrogens is 384 g/mol. The van der Waals surface area contributed by atoms with Crippen molar-refractivity contribution in [3.8, 4) is 0 Å². The molecule has 1 aromatic rings. The summed E-state index contributed by atoms with van der Waals surface area (Å²) in [7, 11) is 1.52. The van der Waals surface area contributed by atoms with Gasteiger partial charge >= 0.3 is 0 Å². The van der Waals surface area contributed by atoms with Gasteiger partial charge in [0.15, 0.2) is 0 Å². The zero-order valence-corrected chi connectivity index (χ0v) is 17.8. The van der Waals surface area contributed by atoms with E-state index in [2.05, 4.69) is 4.98 Å². The molecular formula is C22H32N4O4. The van der Waals surface area contributed by atoms with Crippen LogP contribution in [0.1, 0.15) is 68.3 Å². The Balaban J connectivity index is 1.42. The van der Waals surface area contributed by atoms with Crippen LogP contribution in [0.5, 0.6) is 0 Å². The lowest BCUT2D eigenvalue weighted by Crippen LogP contribution is -2.44. The molecule has 4 rings (SSSR count). The molecule has 0 bridgehead atoms. The molecule has 1 atom stereocenters. The van der Waals surface area contributed by atoms with E-state index in [4.69, 9.17) is 9.72 Å². The van der Waals surface area contributed by atoms with Crippen molar-refractivity contribution < 1.29 is 14.3 Å². The van der Waals surface area contributed by atoms with Crippen molar-refractivity contribution in [1.82, 2.24) is 19.8 Å². The first-order valence-corrected chi connectivity index (χ1v) is 11.2. The first-order chi connectivity index (χ1) is 14.5. The number of nitrogens with one attached hydrogen (secondary N) is 1. The van der Waals surface area contributed by atoms with Crippen LogP contribution in [0.4, 0.5) is 0 Å². The van der Waals surface area contributed by atoms with Gasteiger partial charge in [0.05, 0.1) is 5.69 Å². The second-order valence-corrected chi connectivity index (χ2v) is 8.89. The first-order valence-electron chi connectivity index (χ1n) is 11.2. The van der Waals surface area contributed by atoms with Crippen molar-refractivity contribution in [2.24, 2.45) is 5.92 Å². The summed E-state index contributed by atoms with van der Waals surface area (Å²) in [5, 5.41) is 0. The lowest BCUT2D eigenvalue weighted by Gasteiger charge is -2.37. The molecule has 8 nitrogen and oxygen atoms in total. The Bertz CT molecular complexity index is 827. The third-order valence-corrected chi connectivity index (χ3v) is 6.89. The van der Waals surface area contributed by atoms with Gasteiger partial charge in [0, 0.05) is 57.1 Å². The van der Waals surface area contributed by atoms with Crippen molar-refractivity contribution in [2.75, 3.05) is 39.9 Å². The molecule has 1 saturated carbocycles. The molecule has 30 heavy (non-hydrogen) atoms. The number of methoxy groups -OCH3 is 1. The molecule has 8 heteroatoms. The van der Waals surface area contributed by atoms with Gasteiger partial charge in [-0.3, -0.25) is 14.4 Å². The van der Waals surface area contributed by atoms with Crippen LogP contribution in [0, 0.1) is 5.92 Å². The predicted molar refractivity (Wildman–Crippen MR) is 111 cm³/mol. The summed E-state index contributed by atoms with van der Waals surface area (Å²) < 4.78 is 4.94. The maximum Gasteiger partial charge on any atom is 0.251 e. The van der Waals surface area contributed by atoms with Crippen LogP contribution in [-0.2, 0) is 14.3 Å². The van der Waals surface area contributed by atoms with E-state index in [1.54, 1.807) is 6.07 Å². The van der Waals surface area contributed by atoms with E-state index in [9.17, 15) is 14.4 Å². The third kappa shape index (κ3) is 4.58. The number of nitrogens with zero attached hydrogens (tertiary/aromatic N) is 3. The average molecular weight is 417 g/mol. The van der Waals surface area contributed by atoms with Gasteiger partial charge in [0.1, 0.15) is 12.4 Å². The summed E-state index contributed by atoms with van der Waals surface area (Å²) in [4.78, 5) is 48.6. The summed E-state index contributed by atoms with van der Waals surface area (Å²) in [6.45, 7) is 2.87. The molecule has 0 radical (unpaired) electrons. The van der Waals surface area contributed by atoms with Gasteiger partial charge in [0.2, 0.25) is 11.8 Å². The van der Waals surface area contributed by atoms with Crippen molar-refractivity contribution in [3.05, 3.63) is 27.9 Å². The standard InChI is InChI=1S/C22H32N4O4/c1-30-14-20(28)25-10-7-15(8-11-25)21-23-18(12-19(27)24-21)17-6-3-9-26(13-17)22(29)16-4-2-5-16/h12,15-17H,2-11,13-14H2,1H3,(H,23,24,27). The normalized spacial score (nSPS) is 23.3. The van der Waals surface area contributed by atoms with Crippen molar-refractivity contribution >= 4 is 11.8 Å². The Hall–Kier alpha value is -2.22. The fourth-order valence-corrected chi connectivity index (χ4v) is 4.85. The monoisotopic (exact) mass is 416 g/mol. The Morgan fingerprint density at radius 3 is 2.50 bits per heavy atom. The van der Waals surface area contributed by atoms with E-state index in [1.807, 2.05) is 9.80 Å². The van der Waals surface area contributed by atoms with E-state index in [0.717, 1.165) is 63.0 Å². The highest BCUT2D eigenvalue weighted by atomic mass is 16.5. The molecule has 0 aromatic carbocycles. The zero-order chi connectivity index (χ0) is 21.1. The Kier molecular flexibility index (Phi) is 6.51. The van der Waals surface area contributed by atoms with Crippen molar-refractivity contribution in [3.63, 3.8) is 0 Å². The Morgan fingerprint density at radius 2 is 1.83 bits per heavy atom. The lowest BCUT2D eigenvalue weighted by atomic mass is 9.83. The van der Waals surface area contributed by atoms with Crippen LogP contribution in [0.3, 0.4) is 0 Å². The van der Waals surface area contributed by atoms with Gasteiger partial charge in [-0.2, -0.15) is 0 Å². The van der Waals surface area contributed by atoms with E-state index in [-0.39, 0.29) is 41.7 Å². The quantitative estimate of drug-likeness (QED) is 0.787. The molecule has 2 aliphatic heterocycles. The summed E-state index contributed by atoms with van der Waals surface area (Å²) in [5.74, 6) is 1.47. The number of hydrogen-bond donors (Lipinski definition) is 1. The SMILES string of the molecule is COCC(=O)N1CCC(c2nc(C3CCCN(C(=O)C4CCC4)C3)cc(=O)[nH]2)CC1. The maximum atomic E-state index is 12.7. The molecule has 2 amide bonds. The van der Waals surface area contributed by atoms with Gasteiger partial charge in [-0.1, -0.05) is 6.42 Å². The topological polar surface area (TPSA) is 95.6 Å². The number of likely N-dealkylation sites (tertiary alicyclic amines) is 2. The number of amides is 2. The lowest BCUT2D eigenvalue weighted by molar-refractivity contribution is -0.139. The largest absolute Gasteiger partial charge is 0.375 e. The number of hydrogen-bond acceptors (Lipinski definition) is 5. The van der Waals surface area contributed by atoms with Gasteiger partial charge in [-0.05, 0) is 38.5 Å². The Morgan fingerprint density at radius 1 is 1.07 bits per heavy atom. The van der Waals surface area contributed by atoms with Gasteiger partial charge < -0.3 is 19.5 Å². The fraction of sp³-hybridized carbons (Fsp3) is 0.727. The smallest absolute Gasteiger partial charge is 0.251 e. The van der Waals surface area contributed by atoms with Crippen LogP contribution in [0.2, 0.25) is 0 Å². The minimum atomic E-state index is -0.129. The van der Waals surface area contributed by atoms with Gasteiger partial charge in [-0.15, -0.1) is 0 Å². The van der Waals surface area contributed by atoms with Crippen molar-refractivity contribution in [1.29, 1.82) is 0 Å². The second kappa shape index (κ2) is 9.29. The molecule has 1 aromatic heterocycles. The van der Waals surface area contributed by atoms with Gasteiger partial charge in [-0.25, -0.2) is 4.98 Å². The molecule has 1 unspecified atom stereocenters. The Labute approximate surface area is 177 Å². The molecule has 3 aliphatic rings. The van der Waals surface area contributed by atoms with E-state index >= 15 is 0 Å². The highest BCUT2D eigenvalue weighted by Gasteiger charge is 2.33. The number of piperidine rings is 2. The summed E-state index contributed by atoms with van der Waals surface area (Å²) >= 11 is 0. The average Bonchev–Trinajstić information content (AvgIpc) is 2.72. The highest BCUT2D eigenvalue weighted by molar-refractivity contribution is 5.79. The van der Waals surface area contributed by atoms with E-state index < -0.39 is 0 Å². The highest BCUT2D eigenvalue weighted by Crippen LogP contribution is 2.32. The van der Waals surface area contributed by atoms with Crippen LogP contribution in [0.25, 0.3) is 0 Å². The molecule has 0 spiro atoms. The summed E-state index contributed by atoms with van der Waals surface area (Å²) in [5.41, 5.74) is 0.674. The third-order valence-electron chi connectivity index (χ3n) is 6.89. The van der Waals surface area contributed by atoms with Crippen LogP contribution < -0.4 is 5.56 Å². The molecule has 1 N–H and O–H groups in total. The van der Waals surface area contributed by atoms with Crippen LogP contribution in [0.15, 0.2) is 10.9 Å². The number of ether oxygens (including phenoxy) is 1. The minimum Gasteiger partial charge on any atom is -0.375 e. The number of H-pyrrole nitrogens is 1. The number of carbonyl (C=O) groups excluding carboxylic acids is 2. The zero-order valence-electron chi connectivity index (χ0n) is 17.8. The van der Waals surface area contributed by atoms with Crippen LogP contribution >= 0.6 is 0 Å². The molecule has 3 fully saturated rings. The molecule has 2 saturated heterocycles. The summed E-state index contributed by atoms with van der Waals surface area (Å²) in [6.07, 6.45) is 6.64. The second-order valence-electron chi connectivity index (χ2n) is 8.89. The van der Waals surface area contributed by atoms with Gasteiger partial charge in [0.25, 0.3) is 5.56 Å². The minimum absolute atomic E-state index is 0.00424. The predicted octanol–water partition coefficient (Wildman–Crippen LogP) is 1.63. The number of rotatable bonds is 5. The summed E-state index contributed by atoms with van der Waals surface area (Å²) in [6, 6.07) is 1.60. The number of aromatic nitrogens is 2. The first kappa shape index (κ1) is 21.0. The molecule has 164 valence electrons. The van der Waals surface area contributed by atoms with Crippen molar-refractivity contribution in [2.45, 2.75) is 56.8 Å². The maximum absolute atomic E-state index is 12.7. The van der Waals surface area contributed by atoms with Crippen LogP contribution in [-0.4, -0.2) is 71.5 Å². The molecule has 3 heterocycles. The number of carbonyl (C=O) groups is 2. The fourth-order valence-electron chi connectivity index (χ4n) is 4.85. The number of aromatic amines is 1. The molecule has 1 aliphatic carbocycles. The van der Waals surface area contributed by atoms with E-state index in [1.165, 1.54) is 7.11 Å². The van der Waals surface area contributed by atoms with E-state index in [0.29, 0.717) is 19.6 Å².